The van der Waals surface area contributed by atoms with Gasteiger partial charge in [0.15, 0.2) is 0 Å². The number of primary sulfonamides is 1. The van der Waals surface area contributed by atoms with E-state index >= 15 is 0 Å². The van der Waals surface area contributed by atoms with Crippen molar-refractivity contribution in [3.8, 4) is 0 Å². The summed E-state index contributed by atoms with van der Waals surface area (Å²) >= 11 is 1.30. The molecule has 4 N–H and O–H groups in total. The second kappa shape index (κ2) is 3.93. The Balaban J connectivity index is 2.98. The minimum atomic E-state index is -3.50. The molecule has 0 aliphatic carbocycles. The molecule has 1 heterocycles. The molecule has 0 saturated carbocycles. The van der Waals surface area contributed by atoms with Crippen molar-refractivity contribution in [2.24, 2.45) is 10.9 Å². The molecule has 1 unspecified atom stereocenters. The van der Waals surface area contributed by atoms with E-state index in [1.807, 2.05) is 13.8 Å². The van der Waals surface area contributed by atoms with Crippen LogP contribution >= 0.6 is 11.3 Å². The highest BCUT2D eigenvalue weighted by molar-refractivity contribution is 7.88. The van der Waals surface area contributed by atoms with Crippen LogP contribution in [0.5, 0.6) is 0 Å². The molecule has 1 aromatic rings. The van der Waals surface area contributed by atoms with E-state index in [1.165, 1.54) is 11.3 Å². The lowest BCUT2D eigenvalue weighted by atomic mass is 10.2. The van der Waals surface area contributed by atoms with Crippen molar-refractivity contribution in [3.63, 3.8) is 0 Å². The van der Waals surface area contributed by atoms with Crippen molar-refractivity contribution >= 4 is 21.4 Å². The second-order valence-corrected chi connectivity index (χ2v) is 5.88. The zero-order chi connectivity index (χ0) is 10.9. The third-order valence-electron chi connectivity index (χ3n) is 1.61. The summed E-state index contributed by atoms with van der Waals surface area (Å²) in [4.78, 5) is 5.00. The Morgan fingerprint density at radius 3 is 2.50 bits per heavy atom. The Hall–Kier alpha value is -0.500. The first kappa shape index (κ1) is 11.6. The quantitative estimate of drug-likeness (QED) is 0.785. The first-order chi connectivity index (χ1) is 6.29. The number of rotatable bonds is 3. The van der Waals surface area contributed by atoms with Gasteiger partial charge in [0, 0.05) is 10.9 Å². The molecule has 0 aliphatic rings. The van der Waals surface area contributed by atoms with Crippen LogP contribution < -0.4 is 10.9 Å². The molecule has 0 aliphatic heterocycles. The summed E-state index contributed by atoms with van der Waals surface area (Å²) in [6.07, 6.45) is 0. The number of aryl methyl sites for hydroxylation is 1. The number of sulfonamides is 1. The molecule has 0 radical (unpaired) electrons. The number of hydrogen-bond acceptors (Lipinski definition) is 5. The van der Waals surface area contributed by atoms with Crippen LogP contribution in [0.15, 0.2) is 0 Å². The van der Waals surface area contributed by atoms with E-state index in [2.05, 4.69) is 4.98 Å². The highest BCUT2D eigenvalue weighted by Gasteiger charge is 2.14. The summed E-state index contributed by atoms with van der Waals surface area (Å²) < 4.78 is 21.6. The van der Waals surface area contributed by atoms with Crippen molar-refractivity contribution in [2.45, 2.75) is 25.6 Å². The molecule has 0 spiro atoms. The fraction of sp³-hybridized carbons (Fsp3) is 0.571. The van der Waals surface area contributed by atoms with Gasteiger partial charge in [-0.25, -0.2) is 18.5 Å². The van der Waals surface area contributed by atoms with Gasteiger partial charge in [0.1, 0.15) is 10.8 Å². The number of hydrogen-bond donors (Lipinski definition) is 2. The number of thiazole rings is 1. The van der Waals surface area contributed by atoms with Crippen LogP contribution in [-0.4, -0.2) is 13.4 Å². The van der Waals surface area contributed by atoms with Gasteiger partial charge in [-0.1, -0.05) is 0 Å². The van der Waals surface area contributed by atoms with Crippen molar-refractivity contribution in [3.05, 3.63) is 15.6 Å². The van der Waals surface area contributed by atoms with E-state index in [0.717, 1.165) is 10.6 Å². The van der Waals surface area contributed by atoms with Crippen molar-refractivity contribution in [1.29, 1.82) is 0 Å². The summed E-state index contributed by atoms with van der Waals surface area (Å²) in [5.74, 6) is -0.217. The molecule has 0 aromatic carbocycles. The number of aromatic nitrogens is 1. The topological polar surface area (TPSA) is 99.1 Å². The molecular weight excluding hydrogens is 222 g/mol. The van der Waals surface area contributed by atoms with E-state index in [4.69, 9.17) is 10.9 Å². The van der Waals surface area contributed by atoms with Gasteiger partial charge in [0.25, 0.3) is 0 Å². The highest BCUT2D eigenvalue weighted by atomic mass is 32.2. The summed E-state index contributed by atoms with van der Waals surface area (Å²) in [7, 11) is -3.50. The molecule has 7 heteroatoms. The van der Waals surface area contributed by atoms with Crippen LogP contribution in [0.4, 0.5) is 0 Å². The molecular formula is C7H13N3O2S2. The molecule has 0 fully saturated rings. The maximum Gasteiger partial charge on any atom is 0.215 e. The number of nitrogens with two attached hydrogens (primary N) is 2. The molecule has 5 nitrogen and oxygen atoms in total. The molecule has 1 atom stereocenters. The lowest BCUT2D eigenvalue weighted by Gasteiger charge is -1.99. The Bertz CT molecular complexity index is 422. The van der Waals surface area contributed by atoms with Gasteiger partial charge in [-0.05, 0) is 13.8 Å². The summed E-state index contributed by atoms with van der Waals surface area (Å²) in [5.41, 5.74) is 6.46. The first-order valence-electron chi connectivity index (χ1n) is 4.02. The molecule has 0 bridgehead atoms. The van der Waals surface area contributed by atoms with Gasteiger partial charge in [-0.2, -0.15) is 0 Å². The van der Waals surface area contributed by atoms with Gasteiger partial charge >= 0.3 is 0 Å². The molecule has 80 valence electrons. The predicted octanol–water partition coefficient (Wildman–Crippen LogP) is 0.260. The van der Waals surface area contributed by atoms with Crippen LogP contribution in [0.3, 0.4) is 0 Å². The summed E-state index contributed by atoms with van der Waals surface area (Å²) in [6, 6.07) is -0.123. The van der Waals surface area contributed by atoms with E-state index in [0.29, 0.717) is 5.01 Å². The van der Waals surface area contributed by atoms with Gasteiger partial charge in [0.05, 0.1) is 5.69 Å². The van der Waals surface area contributed by atoms with E-state index in [1.54, 1.807) is 0 Å². The Labute approximate surface area is 87.2 Å². The summed E-state index contributed by atoms with van der Waals surface area (Å²) in [5, 5.41) is 5.41. The van der Waals surface area contributed by atoms with Crippen molar-refractivity contribution in [1.82, 2.24) is 4.98 Å². The van der Waals surface area contributed by atoms with Gasteiger partial charge < -0.3 is 5.73 Å². The van der Waals surface area contributed by atoms with Gasteiger partial charge in [-0.3, -0.25) is 0 Å². The lowest BCUT2D eigenvalue weighted by Crippen LogP contribution is -2.14. The maximum atomic E-state index is 10.8. The zero-order valence-electron chi connectivity index (χ0n) is 8.02. The fourth-order valence-electron chi connectivity index (χ4n) is 1.12. The molecule has 14 heavy (non-hydrogen) atoms. The third kappa shape index (κ3) is 3.02. The van der Waals surface area contributed by atoms with Gasteiger partial charge in [0.2, 0.25) is 10.0 Å². The van der Waals surface area contributed by atoms with Crippen molar-refractivity contribution in [2.75, 3.05) is 0 Å². The monoisotopic (exact) mass is 235 g/mol. The average molecular weight is 235 g/mol. The zero-order valence-corrected chi connectivity index (χ0v) is 9.65. The van der Waals surface area contributed by atoms with E-state index in [9.17, 15) is 8.42 Å². The van der Waals surface area contributed by atoms with Crippen LogP contribution in [0.25, 0.3) is 0 Å². The summed E-state index contributed by atoms with van der Waals surface area (Å²) in [6.45, 7) is 3.64. The van der Waals surface area contributed by atoms with Crippen LogP contribution in [-0.2, 0) is 15.8 Å². The molecule has 1 aromatic heterocycles. The minimum Gasteiger partial charge on any atom is -0.323 e. The SMILES string of the molecule is Cc1nc(CS(N)(=O)=O)sc1C(C)N. The van der Waals surface area contributed by atoms with Gasteiger partial charge in [-0.15, -0.1) is 11.3 Å². The molecule has 0 saturated heterocycles. The normalized spacial score (nSPS) is 14.3. The Morgan fingerprint density at radius 1 is 1.57 bits per heavy atom. The van der Waals surface area contributed by atoms with Crippen molar-refractivity contribution < 1.29 is 8.42 Å². The van der Waals surface area contributed by atoms with Crippen LogP contribution in [0.2, 0.25) is 0 Å². The average Bonchev–Trinajstić information content (AvgIpc) is 2.26. The lowest BCUT2D eigenvalue weighted by molar-refractivity contribution is 0.597. The third-order valence-corrected chi connectivity index (χ3v) is 3.83. The highest BCUT2D eigenvalue weighted by Crippen LogP contribution is 2.24. The predicted molar refractivity (Wildman–Crippen MR) is 56.3 cm³/mol. The maximum absolute atomic E-state index is 10.8. The fourth-order valence-corrected chi connectivity index (χ4v) is 3.07. The number of nitrogens with zero attached hydrogens (tertiary/aromatic N) is 1. The Kier molecular flexibility index (Phi) is 3.25. The van der Waals surface area contributed by atoms with E-state index < -0.39 is 10.0 Å². The molecule has 1 rings (SSSR count). The largest absolute Gasteiger partial charge is 0.323 e. The van der Waals surface area contributed by atoms with Crippen LogP contribution in [0.1, 0.15) is 28.5 Å². The first-order valence-corrected chi connectivity index (χ1v) is 6.55. The minimum absolute atomic E-state index is 0.123. The molecule has 0 amide bonds. The van der Waals surface area contributed by atoms with Crippen LogP contribution in [0, 0.1) is 6.92 Å². The second-order valence-electron chi connectivity index (χ2n) is 3.15. The Morgan fingerprint density at radius 2 is 2.14 bits per heavy atom. The smallest absolute Gasteiger partial charge is 0.215 e. The van der Waals surface area contributed by atoms with E-state index in [-0.39, 0.29) is 11.8 Å². The standard InChI is InChI=1S/C7H13N3O2S2/c1-4(8)7-5(2)10-6(13-7)3-14(9,11)12/h4H,3,8H2,1-2H3,(H2,9,11,12).